The molecule has 47 heavy (non-hydrogen) atoms. The van der Waals surface area contributed by atoms with Crippen molar-refractivity contribution in [1.82, 2.24) is 29.9 Å². The largest absolute Gasteiger partial charge is 0.419 e. The highest BCUT2D eigenvalue weighted by molar-refractivity contribution is 6.03. The van der Waals surface area contributed by atoms with Crippen molar-refractivity contribution >= 4 is 33.0 Å². The molecule has 0 aliphatic rings. The number of fused-ring (bicyclic) bond motifs is 4. The molecule has 0 aliphatic carbocycles. The van der Waals surface area contributed by atoms with Gasteiger partial charge in [-0.25, -0.2) is 24.9 Å². The first-order valence-electron chi connectivity index (χ1n) is 15.3. The molecule has 9 aromatic rings. The lowest BCUT2D eigenvalue weighted by Gasteiger charge is -2.11. The van der Waals surface area contributed by atoms with Gasteiger partial charge in [-0.05, 0) is 59.0 Å². The summed E-state index contributed by atoms with van der Waals surface area (Å²) in [7, 11) is 0. The number of nitrogens with zero attached hydrogens (tertiary/aromatic N) is 6. The third kappa shape index (κ3) is 4.87. The van der Waals surface area contributed by atoms with Gasteiger partial charge in [0.2, 0.25) is 11.4 Å². The van der Waals surface area contributed by atoms with Gasteiger partial charge in [0.1, 0.15) is 0 Å². The summed E-state index contributed by atoms with van der Waals surface area (Å²) in [6, 6.07) is 44.7. The normalized spacial score (nSPS) is 11.4. The summed E-state index contributed by atoms with van der Waals surface area (Å²) in [6.45, 7) is 0. The SMILES string of the molecule is c1ccc(-c2nc(-c3ccccc3)nc(-c3cccc(-c4ccc5c(-c6ccc7c(n6)oc6ncccc67)nccc5c4)c3)n2)cc1. The summed E-state index contributed by atoms with van der Waals surface area (Å²) >= 11 is 0. The van der Waals surface area contributed by atoms with Crippen LogP contribution >= 0.6 is 0 Å². The number of benzene rings is 4. The zero-order valence-electron chi connectivity index (χ0n) is 24.9. The highest BCUT2D eigenvalue weighted by Crippen LogP contribution is 2.34. The van der Waals surface area contributed by atoms with Gasteiger partial charge < -0.3 is 4.42 Å². The summed E-state index contributed by atoms with van der Waals surface area (Å²) in [5.74, 6) is 1.89. The maximum atomic E-state index is 5.95. The van der Waals surface area contributed by atoms with Gasteiger partial charge in [-0.2, -0.15) is 0 Å². The summed E-state index contributed by atoms with van der Waals surface area (Å²) in [5.41, 5.74) is 7.59. The van der Waals surface area contributed by atoms with Crippen molar-refractivity contribution in [3.8, 4) is 56.7 Å². The lowest BCUT2D eigenvalue weighted by atomic mass is 9.98. The quantitative estimate of drug-likeness (QED) is 0.193. The van der Waals surface area contributed by atoms with Crippen LogP contribution in [0.5, 0.6) is 0 Å². The number of aromatic nitrogens is 6. The van der Waals surface area contributed by atoms with Crippen LogP contribution in [-0.2, 0) is 0 Å². The van der Waals surface area contributed by atoms with E-state index in [4.69, 9.17) is 29.3 Å². The third-order valence-corrected chi connectivity index (χ3v) is 8.28. The fourth-order valence-electron chi connectivity index (χ4n) is 5.96. The van der Waals surface area contributed by atoms with E-state index in [2.05, 4.69) is 35.3 Å². The van der Waals surface area contributed by atoms with Gasteiger partial charge in [-0.3, -0.25) is 4.98 Å². The Morgan fingerprint density at radius 2 is 1.02 bits per heavy atom. The second-order valence-corrected chi connectivity index (χ2v) is 11.2. The van der Waals surface area contributed by atoms with Crippen LogP contribution in [0.4, 0.5) is 0 Å². The average molecular weight is 605 g/mol. The van der Waals surface area contributed by atoms with Crippen molar-refractivity contribution < 1.29 is 4.42 Å². The molecule has 9 rings (SSSR count). The molecular weight excluding hydrogens is 580 g/mol. The predicted octanol–water partition coefficient (Wildman–Crippen LogP) is 9.44. The topological polar surface area (TPSA) is 90.5 Å². The highest BCUT2D eigenvalue weighted by atomic mass is 16.3. The first-order valence-corrected chi connectivity index (χ1v) is 15.3. The standard InChI is InChI=1S/C40H24N6O/c1-3-9-25(10-4-1)36-44-37(26-11-5-2-6-12-26)46-38(45-36)30-14-7-13-27(24-30)28-16-17-31-29(23-28)20-22-41-35(31)34-19-18-33-32-15-8-21-42-39(32)47-40(33)43-34/h1-24H. The lowest BCUT2D eigenvalue weighted by Crippen LogP contribution is -2.00. The fourth-order valence-corrected chi connectivity index (χ4v) is 5.96. The lowest BCUT2D eigenvalue weighted by molar-refractivity contribution is 0.640. The molecular formula is C40H24N6O. The molecule has 5 aromatic heterocycles. The van der Waals surface area contributed by atoms with Crippen molar-refractivity contribution in [3.05, 3.63) is 146 Å². The molecule has 0 radical (unpaired) electrons. The van der Waals surface area contributed by atoms with Crippen molar-refractivity contribution in [2.45, 2.75) is 0 Å². The molecule has 0 aliphatic heterocycles. The van der Waals surface area contributed by atoms with E-state index in [-0.39, 0.29) is 0 Å². The minimum absolute atomic E-state index is 0.549. The van der Waals surface area contributed by atoms with Gasteiger partial charge >= 0.3 is 0 Å². The summed E-state index contributed by atoms with van der Waals surface area (Å²) < 4.78 is 5.95. The van der Waals surface area contributed by atoms with Crippen LogP contribution in [0.25, 0.3) is 89.7 Å². The molecule has 5 heterocycles. The van der Waals surface area contributed by atoms with Gasteiger partial charge in [0.15, 0.2) is 17.5 Å². The molecule has 220 valence electrons. The number of pyridine rings is 3. The van der Waals surface area contributed by atoms with Gasteiger partial charge in [0.25, 0.3) is 0 Å². The third-order valence-electron chi connectivity index (χ3n) is 8.28. The number of furan rings is 1. The van der Waals surface area contributed by atoms with E-state index in [1.54, 1.807) is 6.20 Å². The minimum Gasteiger partial charge on any atom is -0.419 e. The monoisotopic (exact) mass is 604 g/mol. The Hall–Kier alpha value is -6.60. The molecule has 4 aromatic carbocycles. The van der Waals surface area contributed by atoms with Crippen LogP contribution in [0, 0.1) is 0 Å². The first-order chi connectivity index (χ1) is 23.3. The Balaban J connectivity index is 1.11. The fraction of sp³-hybridized carbons (Fsp3) is 0. The molecule has 0 fully saturated rings. The highest BCUT2D eigenvalue weighted by Gasteiger charge is 2.15. The Bertz CT molecular complexity index is 2520. The van der Waals surface area contributed by atoms with Gasteiger partial charge in [0, 0.05) is 45.2 Å². The molecule has 0 N–H and O–H groups in total. The van der Waals surface area contributed by atoms with Gasteiger partial charge in [-0.1, -0.05) is 91.0 Å². The van der Waals surface area contributed by atoms with E-state index >= 15 is 0 Å². The molecule has 0 saturated heterocycles. The molecule has 0 amide bonds. The van der Waals surface area contributed by atoms with E-state index in [1.807, 2.05) is 109 Å². The Morgan fingerprint density at radius 3 is 1.79 bits per heavy atom. The number of hydrogen-bond acceptors (Lipinski definition) is 7. The molecule has 0 bridgehead atoms. The maximum Gasteiger partial charge on any atom is 0.230 e. The predicted molar refractivity (Wildman–Crippen MR) is 185 cm³/mol. The van der Waals surface area contributed by atoms with Crippen LogP contribution < -0.4 is 0 Å². The number of rotatable bonds is 5. The summed E-state index contributed by atoms with van der Waals surface area (Å²) in [6.07, 6.45) is 3.55. The zero-order valence-corrected chi connectivity index (χ0v) is 24.9. The Kier molecular flexibility index (Phi) is 6.31. The second kappa shape index (κ2) is 11.1. The number of hydrogen-bond donors (Lipinski definition) is 0. The smallest absolute Gasteiger partial charge is 0.230 e. The van der Waals surface area contributed by atoms with Crippen molar-refractivity contribution in [1.29, 1.82) is 0 Å². The molecule has 0 atom stereocenters. The zero-order chi connectivity index (χ0) is 31.2. The van der Waals surface area contributed by atoms with E-state index in [1.165, 1.54) is 0 Å². The molecule has 0 saturated carbocycles. The summed E-state index contributed by atoms with van der Waals surface area (Å²) in [4.78, 5) is 28.5. The van der Waals surface area contributed by atoms with Gasteiger partial charge in [-0.15, -0.1) is 0 Å². The van der Waals surface area contributed by atoms with E-state index in [0.29, 0.717) is 28.9 Å². The van der Waals surface area contributed by atoms with Crippen molar-refractivity contribution in [3.63, 3.8) is 0 Å². The Labute approximate surface area is 269 Å². The van der Waals surface area contributed by atoms with Crippen LogP contribution in [0.2, 0.25) is 0 Å². The van der Waals surface area contributed by atoms with Crippen LogP contribution in [0.3, 0.4) is 0 Å². The maximum absolute atomic E-state index is 5.95. The first kappa shape index (κ1) is 26.8. The van der Waals surface area contributed by atoms with E-state index < -0.39 is 0 Å². The van der Waals surface area contributed by atoms with Crippen molar-refractivity contribution in [2.24, 2.45) is 0 Å². The van der Waals surface area contributed by atoms with Gasteiger partial charge in [0.05, 0.1) is 11.4 Å². The van der Waals surface area contributed by atoms with Crippen LogP contribution in [0.1, 0.15) is 0 Å². The van der Waals surface area contributed by atoms with Crippen molar-refractivity contribution in [2.75, 3.05) is 0 Å². The summed E-state index contributed by atoms with van der Waals surface area (Å²) in [5, 5.41) is 3.95. The minimum atomic E-state index is 0.549. The van der Waals surface area contributed by atoms with E-state index in [9.17, 15) is 0 Å². The van der Waals surface area contributed by atoms with Crippen LogP contribution in [-0.4, -0.2) is 29.9 Å². The molecule has 0 unspecified atom stereocenters. The second-order valence-electron chi connectivity index (χ2n) is 11.2. The van der Waals surface area contributed by atoms with Crippen LogP contribution in [0.15, 0.2) is 150 Å². The Morgan fingerprint density at radius 1 is 0.383 bits per heavy atom. The molecule has 0 spiro atoms. The van der Waals surface area contributed by atoms with E-state index in [0.717, 1.165) is 60.8 Å². The molecule has 7 heteroatoms. The average Bonchev–Trinajstić information content (AvgIpc) is 3.53. The molecule has 7 nitrogen and oxygen atoms in total.